The maximum atomic E-state index is 12.8. The lowest BCUT2D eigenvalue weighted by Crippen LogP contribution is -2.19. The lowest BCUT2D eigenvalue weighted by molar-refractivity contribution is -0.0102. The van der Waals surface area contributed by atoms with Crippen molar-refractivity contribution in [2.75, 3.05) is 0 Å². The molecule has 0 saturated heterocycles. The first-order chi connectivity index (χ1) is 5.95. The second kappa shape index (κ2) is 3.57. The van der Waals surface area contributed by atoms with Gasteiger partial charge < -0.3 is 4.42 Å². The number of hydrogen-bond acceptors (Lipinski definition) is 3. The summed E-state index contributed by atoms with van der Waals surface area (Å²) < 4.78 is 30.4. The quantitative estimate of drug-likeness (QED) is 0.720. The average molecular weight is 211 g/mol. The smallest absolute Gasteiger partial charge is 0.256 e. The lowest BCUT2D eigenvalue weighted by Gasteiger charge is -2.14. The van der Waals surface area contributed by atoms with Crippen LogP contribution in [0.4, 0.5) is 8.78 Å². The van der Waals surface area contributed by atoms with E-state index in [0.29, 0.717) is 0 Å². The van der Waals surface area contributed by atoms with Gasteiger partial charge in [-0.25, -0.2) is 8.78 Å². The van der Waals surface area contributed by atoms with Gasteiger partial charge in [0.05, 0.1) is 5.92 Å². The van der Waals surface area contributed by atoms with Crippen molar-refractivity contribution in [1.29, 1.82) is 0 Å². The molecule has 0 aliphatic carbocycles. The van der Waals surface area contributed by atoms with Gasteiger partial charge in [0.15, 0.2) is 0 Å². The minimum absolute atomic E-state index is 0.0367. The van der Waals surface area contributed by atoms with E-state index in [9.17, 15) is 8.78 Å². The standard InChI is InChI=1S/C7H9ClF2N2O/c1-4(7(2,9)10)6-12-11-5(3-8)13-6/h4H,3H2,1-2H3. The molecule has 1 atom stereocenters. The normalized spacial score (nSPS) is 14.5. The van der Waals surface area contributed by atoms with E-state index in [2.05, 4.69) is 10.2 Å². The van der Waals surface area contributed by atoms with Crippen molar-refractivity contribution in [3.8, 4) is 0 Å². The molecule has 0 N–H and O–H groups in total. The van der Waals surface area contributed by atoms with Crippen LogP contribution < -0.4 is 0 Å². The largest absolute Gasteiger partial charge is 0.423 e. The zero-order chi connectivity index (χ0) is 10.1. The van der Waals surface area contributed by atoms with Crippen LogP contribution in [0.5, 0.6) is 0 Å². The first-order valence-electron chi connectivity index (χ1n) is 3.71. The van der Waals surface area contributed by atoms with Crippen molar-refractivity contribution >= 4 is 11.6 Å². The molecular formula is C7H9ClF2N2O. The highest BCUT2D eigenvalue weighted by molar-refractivity contribution is 6.16. The van der Waals surface area contributed by atoms with E-state index < -0.39 is 11.8 Å². The fourth-order valence-corrected chi connectivity index (χ4v) is 0.820. The Labute approximate surface area is 79.1 Å². The third-order valence-corrected chi connectivity index (χ3v) is 1.96. The summed E-state index contributed by atoms with van der Waals surface area (Å²) in [6, 6.07) is 0. The van der Waals surface area contributed by atoms with Gasteiger partial charge in [0.25, 0.3) is 5.92 Å². The van der Waals surface area contributed by atoms with Crippen LogP contribution in [0, 0.1) is 0 Å². The van der Waals surface area contributed by atoms with E-state index in [4.69, 9.17) is 16.0 Å². The number of halogens is 3. The summed E-state index contributed by atoms with van der Waals surface area (Å²) in [6.45, 7) is 2.13. The monoisotopic (exact) mass is 210 g/mol. The third-order valence-electron chi connectivity index (χ3n) is 1.73. The minimum atomic E-state index is -2.86. The number of rotatable bonds is 3. The molecule has 0 radical (unpaired) electrons. The van der Waals surface area contributed by atoms with Gasteiger partial charge in [-0.3, -0.25) is 0 Å². The molecule has 0 saturated carbocycles. The molecular weight excluding hydrogens is 202 g/mol. The second-order valence-electron chi connectivity index (χ2n) is 2.85. The predicted molar refractivity (Wildman–Crippen MR) is 42.9 cm³/mol. The van der Waals surface area contributed by atoms with Crippen molar-refractivity contribution in [2.24, 2.45) is 0 Å². The molecule has 0 bridgehead atoms. The fraction of sp³-hybridized carbons (Fsp3) is 0.714. The van der Waals surface area contributed by atoms with Crippen molar-refractivity contribution in [3.63, 3.8) is 0 Å². The van der Waals surface area contributed by atoms with E-state index in [0.717, 1.165) is 6.92 Å². The molecule has 3 nitrogen and oxygen atoms in total. The van der Waals surface area contributed by atoms with Crippen LogP contribution in [0.25, 0.3) is 0 Å². The number of alkyl halides is 3. The average Bonchev–Trinajstić information content (AvgIpc) is 2.48. The SMILES string of the molecule is CC(c1nnc(CCl)o1)C(C)(F)F. The van der Waals surface area contributed by atoms with Gasteiger partial charge in [0.1, 0.15) is 5.88 Å². The van der Waals surface area contributed by atoms with E-state index in [1.54, 1.807) is 0 Å². The van der Waals surface area contributed by atoms with Gasteiger partial charge in [-0.2, -0.15) is 0 Å². The van der Waals surface area contributed by atoms with E-state index in [1.165, 1.54) is 6.92 Å². The van der Waals surface area contributed by atoms with Crippen LogP contribution in [0.2, 0.25) is 0 Å². The van der Waals surface area contributed by atoms with Crippen molar-refractivity contribution in [3.05, 3.63) is 11.8 Å². The molecule has 1 heterocycles. The Bertz CT molecular complexity index is 284. The molecule has 0 aromatic carbocycles. The summed E-state index contributed by atoms with van der Waals surface area (Å²) in [5, 5.41) is 6.96. The molecule has 1 aromatic heterocycles. The van der Waals surface area contributed by atoms with Gasteiger partial charge >= 0.3 is 0 Å². The first-order valence-corrected chi connectivity index (χ1v) is 4.24. The van der Waals surface area contributed by atoms with E-state index in [1.807, 2.05) is 0 Å². The summed E-state index contributed by atoms with van der Waals surface area (Å²) in [7, 11) is 0. The molecule has 0 spiro atoms. The maximum absolute atomic E-state index is 12.8. The zero-order valence-electron chi connectivity index (χ0n) is 7.22. The lowest BCUT2D eigenvalue weighted by atomic mass is 10.1. The van der Waals surface area contributed by atoms with E-state index in [-0.39, 0.29) is 17.7 Å². The number of nitrogens with zero attached hydrogens (tertiary/aromatic N) is 2. The van der Waals surface area contributed by atoms with Crippen LogP contribution >= 0.6 is 11.6 Å². The highest BCUT2D eigenvalue weighted by Crippen LogP contribution is 2.31. The van der Waals surface area contributed by atoms with Gasteiger partial charge in [0, 0.05) is 6.92 Å². The molecule has 1 unspecified atom stereocenters. The van der Waals surface area contributed by atoms with Crippen LogP contribution in [0.3, 0.4) is 0 Å². The Kier molecular flexibility index (Phi) is 2.85. The van der Waals surface area contributed by atoms with Gasteiger partial charge in [-0.15, -0.1) is 21.8 Å². The van der Waals surface area contributed by atoms with Crippen molar-refractivity contribution in [2.45, 2.75) is 31.6 Å². The molecule has 0 amide bonds. The Balaban J connectivity index is 2.83. The highest BCUT2D eigenvalue weighted by Gasteiger charge is 2.35. The molecule has 0 aliphatic rings. The highest BCUT2D eigenvalue weighted by atomic mass is 35.5. The summed E-state index contributed by atoms with van der Waals surface area (Å²) >= 11 is 5.38. The predicted octanol–water partition coefficient (Wildman–Crippen LogP) is 2.57. The Morgan fingerprint density at radius 2 is 2.15 bits per heavy atom. The van der Waals surface area contributed by atoms with Crippen LogP contribution in [0.1, 0.15) is 31.5 Å². The summed E-state index contributed by atoms with van der Waals surface area (Å²) in [4.78, 5) is 0. The maximum Gasteiger partial charge on any atom is 0.256 e. The van der Waals surface area contributed by atoms with Crippen molar-refractivity contribution in [1.82, 2.24) is 10.2 Å². The molecule has 0 fully saturated rings. The topological polar surface area (TPSA) is 38.9 Å². The number of hydrogen-bond donors (Lipinski definition) is 0. The van der Waals surface area contributed by atoms with Gasteiger partial charge in [0.2, 0.25) is 11.8 Å². The first kappa shape index (κ1) is 10.4. The van der Waals surface area contributed by atoms with E-state index >= 15 is 0 Å². The van der Waals surface area contributed by atoms with Crippen LogP contribution in [-0.4, -0.2) is 16.1 Å². The van der Waals surface area contributed by atoms with Crippen LogP contribution in [-0.2, 0) is 5.88 Å². The Morgan fingerprint density at radius 3 is 2.54 bits per heavy atom. The molecule has 1 aromatic rings. The molecule has 6 heteroatoms. The minimum Gasteiger partial charge on any atom is -0.423 e. The molecule has 0 aliphatic heterocycles. The second-order valence-corrected chi connectivity index (χ2v) is 3.11. The number of aromatic nitrogens is 2. The molecule has 13 heavy (non-hydrogen) atoms. The van der Waals surface area contributed by atoms with Crippen LogP contribution in [0.15, 0.2) is 4.42 Å². The van der Waals surface area contributed by atoms with Gasteiger partial charge in [-0.05, 0) is 6.92 Å². The summed E-state index contributed by atoms with van der Waals surface area (Å²) in [5.74, 6) is -3.83. The molecule has 1 rings (SSSR count). The third kappa shape index (κ3) is 2.37. The van der Waals surface area contributed by atoms with Gasteiger partial charge in [-0.1, -0.05) is 0 Å². The summed E-state index contributed by atoms with van der Waals surface area (Å²) in [5.41, 5.74) is 0. The fourth-order valence-electron chi connectivity index (χ4n) is 0.712. The Hall–Kier alpha value is -0.710. The molecule has 74 valence electrons. The zero-order valence-corrected chi connectivity index (χ0v) is 7.98. The summed E-state index contributed by atoms with van der Waals surface area (Å²) in [6.07, 6.45) is 0. The Morgan fingerprint density at radius 1 is 1.54 bits per heavy atom. The van der Waals surface area contributed by atoms with Crippen molar-refractivity contribution < 1.29 is 13.2 Å².